The molecule has 8 nitrogen and oxygen atoms in total. The fourth-order valence-corrected chi connectivity index (χ4v) is 4.43. The van der Waals surface area contributed by atoms with Crippen molar-refractivity contribution in [2.24, 2.45) is 4.99 Å². The van der Waals surface area contributed by atoms with E-state index in [1.54, 1.807) is 26.0 Å². The van der Waals surface area contributed by atoms with Crippen molar-refractivity contribution in [1.29, 1.82) is 0 Å². The summed E-state index contributed by atoms with van der Waals surface area (Å²) in [6.07, 6.45) is 1.44. The van der Waals surface area contributed by atoms with Gasteiger partial charge < -0.3 is 15.5 Å². The molecule has 1 aliphatic heterocycles. The van der Waals surface area contributed by atoms with Crippen molar-refractivity contribution in [2.45, 2.75) is 12.8 Å². The predicted molar refractivity (Wildman–Crippen MR) is 123 cm³/mol. The van der Waals surface area contributed by atoms with Crippen LogP contribution in [0.3, 0.4) is 0 Å². The molecule has 1 amide bonds. The van der Waals surface area contributed by atoms with Gasteiger partial charge in [-0.1, -0.05) is 12.1 Å². The summed E-state index contributed by atoms with van der Waals surface area (Å²) in [4.78, 5) is 17.7. The molecule has 1 fully saturated rings. The average molecular weight is 523 g/mol. The molecule has 0 spiro atoms. The highest BCUT2D eigenvalue weighted by molar-refractivity contribution is 14.0. The number of halogens is 1. The Morgan fingerprint density at radius 2 is 1.96 bits per heavy atom. The van der Waals surface area contributed by atoms with Gasteiger partial charge >= 0.3 is 0 Å². The van der Waals surface area contributed by atoms with E-state index in [1.165, 1.54) is 4.31 Å². The molecule has 158 valence electrons. The van der Waals surface area contributed by atoms with E-state index in [-0.39, 0.29) is 35.6 Å². The highest BCUT2D eigenvalue weighted by Gasteiger charge is 2.27. The van der Waals surface area contributed by atoms with E-state index in [9.17, 15) is 13.2 Å². The number of benzene rings is 1. The summed E-state index contributed by atoms with van der Waals surface area (Å²) in [7, 11) is 2.09. The molecule has 1 aromatic rings. The quantitative estimate of drug-likeness (QED) is 0.313. The maximum absolute atomic E-state index is 12.0. The second-order valence-corrected chi connectivity index (χ2v) is 8.73. The van der Waals surface area contributed by atoms with E-state index in [2.05, 4.69) is 15.6 Å². The summed E-state index contributed by atoms with van der Waals surface area (Å²) in [6, 6.07) is 7.59. The largest absolute Gasteiger partial charge is 0.356 e. The van der Waals surface area contributed by atoms with Gasteiger partial charge in [0.2, 0.25) is 10.0 Å². The normalized spacial score (nSPS) is 16.3. The summed E-state index contributed by atoms with van der Waals surface area (Å²) in [5, 5.41) is 6.35. The lowest BCUT2D eigenvalue weighted by atomic mass is 10.1. The zero-order valence-electron chi connectivity index (χ0n) is 16.6. The van der Waals surface area contributed by atoms with Crippen LogP contribution in [0.2, 0.25) is 0 Å². The number of hydrogen-bond donors (Lipinski definition) is 2. The third-order valence-corrected chi connectivity index (χ3v) is 6.32. The van der Waals surface area contributed by atoms with Gasteiger partial charge in [0, 0.05) is 52.9 Å². The molecule has 0 saturated carbocycles. The number of carbonyl (C=O) groups excluding carboxylic acids is 1. The Bertz CT molecular complexity index is 783. The van der Waals surface area contributed by atoms with Crippen LogP contribution < -0.4 is 10.6 Å². The first-order valence-corrected chi connectivity index (χ1v) is 10.7. The number of nitrogens with zero attached hydrogens (tertiary/aromatic N) is 3. The molecule has 0 aliphatic carbocycles. The number of amides is 1. The zero-order chi connectivity index (χ0) is 19.9. The van der Waals surface area contributed by atoms with Crippen molar-refractivity contribution in [3.8, 4) is 0 Å². The van der Waals surface area contributed by atoms with Crippen molar-refractivity contribution in [3.63, 3.8) is 0 Å². The lowest BCUT2D eigenvalue weighted by Gasteiger charge is -2.16. The third-order valence-electron chi connectivity index (χ3n) is 4.37. The summed E-state index contributed by atoms with van der Waals surface area (Å²) in [5.74, 6) is 0.862. The molecule has 0 aromatic heterocycles. The molecule has 10 heteroatoms. The minimum Gasteiger partial charge on any atom is -0.356 e. The molecule has 0 unspecified atom stereocenters. The molecule has 28 heavy (non-hydrogen) atoms. The molecule has 0 bridgehead atoms. The predicted octanol–water partition coefficient (Wildman–Crippen LogP) is 0.749. The third kappa shape index (κ3) is 7.21. The Balaban J connectivity index is 0.00000392. The Hall–Kier alpha value is -1.40. The lowest BCUT2D eigenvalue weighted by Crippen LogP contribution is -2.42. The highest BCUT2D eigenvalue weighted by atomic mass is 127. The zero-order valence-corrected chi connectivity index (χ0v) is 19.8. The first-order chi connectivity index (χ1) is 12.8. The molecule has 2 N–H and O–H groups in total. The summed E-state index contributed by atoms with van der Waals surface area (Å²) in [6.45, 7) is 2.20. The number of carbonyl (C=O) groups is 1. The van der Waals surface area contributed by atoms with Crippen LogP contribution in [0.1, 0.15) is 22.3 Å². The minimum atomic E-state index is -3.06. The van der Waals surface area contributed by atoms with Crippen LogP contribution in [0.15, 0.2) is 29.3 Å². The van der Waals surface area contributed by atoms with Crippen LogP contribution in [-0.2, 0) is 16.4 Å². The fraction of sp³-hybridized carbons (Fsp3) is 0.556. The van der Waals surface area contributed by atoms with Crippen LogP contribution >= 0.6 is 24.0 Å². The average Bonchev–Trinajstić information content (AvgIpc) is 2.98. The van der Waals surface area contributed by atoms with Gasteiger partial charge in [-0.3, -0.25) is 9.79 Å². The van der Waals surface area contributed by atoms with E-state index in [0.29, 0.717) is 44.1 Å². The molecule has 1 aromatic carbocycles. The van der Waals surface area contributed by atoms with Crippen molar-refractivity contribution in [2.75, 3.05) is 53.1 Å². The molecular formula is C18H30IN5O3S. The van der Waals surface area contributed by atoms with Crippen LogP contribution in [-0.4, -0.2) is 82.6 Å². The summed E-state index contributed by atoms with van der Waals surface area (Å²) >= 11 is 0. The van der Waals surface area contributed by atoms with Crippen molar-refractivity contribution in [1.82, 2.24) is 19.8 Å². The molecule has 2 rings (SSSR count). The van der Waals surface area contributed by atoms with Crippen LogP contribution in [0.5, 0.6) is 0 Å². The van der Waals surface area contributed by atoms with E-state index in [4.69, 9.17) is 0 Å². The molecule has 0 radical (unpaired) electrons. The summed E-state index contributed by atoms with van der Waals surface area (Å²) in [5.41, 5.74) is 1.74. The van der Waals surface area contributed by atoms with Gasteiger partial charge in [0.1, 0.15) is 0 Å². The number of aliphatic imine (C=N–C) groups is 1. The molecule has 1 heterocycles. The molecular weight excluding hydrogens is 493 g/mol. The topological polar surface area (TPSA) is 94.1 Å². The first-order valence-electron chi connectivity index (χ1n) is 9.06. The van der Waals surface area contributed by atoms with Crippen molar-refractivity contribution in [3.05, 3.63) is 35.4 Å². The van der Waals surface area contributed by atoms with Crippen LogP contribution in [0.4, 0.5) is 0 Å². The van der Waals surface area contributed by atoms with Crippen LogP contribution in [0, 0.1) is 0 Å². The lowest BCUT2D eigenvalue weighted by molar-refractivity contribution is 0.0827. The van der Waals surface area contributed by atoms with Crippen molar-refractivity contribution >= 4 is 45.9 Å². The Labute approximate surface area is 184 Å². The first kappa shape index (κ1) is 24.6. The van der Waals surface area contributed by atoms with Crippen LogP contribution in [0.25, 0.3) is 0 Å². The van der Waals surface area contributed by atoms with Gasteiger partial charge in [-0.2, -0.15) is 0 Å². The van der Waals surface area contributed by atoms with Crippen molar-refractivity contribution < 1.29 is 13.2 Å². The Kier molecular flexibility index (Phi) is 10.2. The van der Waals surface area contributed by atoms with Gasteiger partial charge in [-0.15, -0.1) is 24.0 Å². The maximum atomic E-state index is 12.0. The second kappa shape index (κ2) is 11.6. The monoisotopic (exact) mass is 523 g/mol. The maximum Gasteiger partial charge on any atom is 0.253 e. The standard InChI is InChI=1S/C18H29N5O3S.HI/c1-19-18(21-10-12-23-11-5-13-27(23,25)26)20-9-8-15-6-4-7-16(14-15)17(24)22(2)3;/h4,6-7,14H,5,8-13H2,1-3H3,(H2,19,20,21);1H. The highest BCUT2D eigenvalue weighted by Crippen LogP contribution is 2.11. The van der Waals surface area contributed by atoms with Gasteiger partial charge in [0.15, 0.2) is 5.96 Å². The molecule has 0 atom stereocenters. The molecule has 1 aliphatic rings. The van der Waals surface area contributed by atoms with E-state index >= 15 is 0 Å². The minimum absolute atomic E-state index is 0. The smallest absolute Gasteiger partial charge is 0.253 e. The van der Waals surface area contributed by atoms with E-state index in [1.807, 2.05) is 24.3 Å². The number of rotatable bonds is 7. The second-order valence-electron chi connectivity index (χ2n) is 6.64. The summed E-state index contributed by atoms with van der Waals surface area (Å²) < 4.78 is 25.1. The number of hydrogen-bond acceptors (Lipinski definition) is 4. The van der Waals surface area contributed by atoms with Gasteiger partial charge in [0.05, 0.1) is 5.75 Å². The number of guanidine groups is 1. The van der Waals surface area contributed by atoms with Gasteiger partial charge in [-0.05, 0) is 30.5 Å². The SMILES string of the molecule is CN=C(NCCc1cccc(C(=O)N(C)C)c1)NCCN1CCCS1(=O)=O.I. The Morgan fingerprint density at radius 3 is 2.57 bits per heavy atom. The van der Waals surface area contributed by atoms with E-state index in [0.717, 1.165) is 12.0 Å². The Morgan fingerprint density at radius 1 is 1.25 bits per heavy atom. The van der Waals surface area contributed by atoms with E-state index < -0.39 is 10.0 Å². The fourth-order valence-electron chi connectivity index (χ4n) is 2.91. The van der Waals surface area contributed by atoms with Gasteiger partial charge in [0.25, 0.3) is 5.91 Å². The molecule has 1 saturated heterocycles. The number of nitrogens with one attached hydrogen (secondary N) is 2. The number of sulfonamides is 1. The van der Waals surface area contributed by atoms with Gasteiger partial charge in [-0.25, -0.2) is 12.7 Å².